The molecule has 3 heteroatoms. The molecule has 0 amide bonds. The summed E-state index contributed by atoms with van der Waals surface area (Å²) < 4.78 is 10.7. The Kier molecular flexibility index (Phi) is 3.50. The molecule has 0 radical (unpaired) electrons. The largest absolute Gasteiger partial charge is 0.493 e. The summed E-state index contributed by atoms with van der Waals surface area (Å²) in [6.45, 7) is 1.06. The minimum absolute atomic E-state index is 0.757. The first-order chi connectivity index (χ1) is 9.81. The van der Waals surface area contributed by atoms with Gasteiger partial charge in [0.05, 0.1) is 14.2 Å². The van der Waals surface area contributed by atoms with Crippen LogP contribution in [-0.2, 0) is 6.42 Å². The Morgan fingerprint density at radius 2 is 1.65 bits per heavy atom. The smallest absolute Gasteiger partial charge is 0.161 e. The van der Waals surface area contributed by atoms with Crippen LogP contribution in [0.2, 0.25) is 0 Å². The zero-order valence-electron chi connectivity index (χ0n) is 11.9. The fourth-order valence-electron chi connectivity index (χ4n) is 2.66. The molecule has 0 aliphatic carbocycles. The molecular formula is C17H19NO2. The molecule has 1 heterocycles. The fraction of sp³-hybridized carbons (Fsp3) is 0.294. The Bertz CT molecular complexity index is 585. The average molecular weight is 269 g/mol. The number of rotatable bonds is 3. The molecule has 0 fully saturated rings. The minimum Gasteiger partial charge on any atom is -0.493 e. The molecule has 0 bridgehead atoms. The van der Waals surface area contributed by atoms with Crippen molar-refractivity contribution in [3.63, 3.8) is 0 Å². The molecule has 0 saturated heterocycles. The van der Waals surface area contributed by atoms with E-state index in [1.54, 1.807) is 14.2 Å². The molecule has 0 atom stereocenters. The summed E-state index contributed by atoms with van der Waals surface area (Å²) in [5.41, 5.74) is 4.99. The quantitative estimate of drug-likeness (QED) is 0.921. The molecule has 1 aliphatic rings. The normalized spacial score (nSPS) is 13.3. The van der Waals surface area contributed by atoms with Gasteiger partial charge in [-0.2, -0.15) is 0 Å². The number of benzene rings is 2. The van der Waals surface area contributed by atoms with Crippen molar-refractivity contribution in [2.45, 2.75) is 12.8 Å². The number of anilines is 1. The van der Waals surface area contributed by atoms with Gasteiger partial charge in [-0.15, -0.1) is 0 Å². The molecule has 3 rings (SSSR count). The Morgan fingerprint density at radius 1 is 0.900 bits per heavy atom. The number of hydrogen-bond donors (Lipinski definition) is 1. The van der Waals surface area contributed by atoms with Crippen molar-refractivity contribution in [2.24, 2.45) is 0 Å². The van der Waals surface area contributed by atoms with Gasteiger partial charge >= 0.3 is 0 Å². The van der Waals surface area contributed by atoms with Gasteiger partial charge in [-0.25, -0.2) is 0 Å². The van der Waals surface area contributed by atoms with Crippen LogP contribution in [0.15, 0.2) is 36.4 Å². The van der Waals surface area contributed by atoms with Crippen LogP contribution in [0, 0.1) is 0 Å². The van der Waals surface area contributed by atoms with Crippen LogP contribution in [0.4, 0.5) is 5.69 Å². The highest BCUT2D eigenvalue weighted by Crippen LogP contribution is 2.34. The van der Waals surface area contributed by atoms with Crippen LogP contribution in [0.25, 0.3) is 11.1 Å². The van der Waals surface area contributed by atoms with Crippen molar-refractivity contribution in [1.82, 2.24) is 0 Å². The summed E-state index contributed by atoms with van der Waals surface area (Å²) in [5, 5.41) is 3.47. The van der Waals surface area contributed by atoms with Crippen LogP contribution < -0.4 is 14.8 Å². The van der Waals surface area contributed by atoms with E-state index in [4.69, 9.17) is 9.47 Å². The lowest BCUT2D eigenvalue weighted by atomic mass is 9.98. The second-order valence-corrected chi connectivity index (χ2v) is 4.97. The van der Waals surface area contributed by atoms with Gasteiger partial charge in [-0.1, -0.05) is 18.2 Å². The third-order valence-electron chi connectivity index (χ3n) is 3.77. The van der Waals surface area contributed by atoms with Crippen LogP contribution in [0.1, 0.15) is 12.0 Å². The van der Waals surface area contributed by atoms with Crippen LogP contribution >= 0.6 is 0 Å². The molecule has 0 saturated carbocycles. The van der Waals surface area contributed by atoms with Gasteiger partial charge in [-0.05, 0) is 47.7 Å². The first-order valence-electron chi connectivity index (χ1n) is 6.91. The summed E-state index contributed by atoms with van der Waals surface area (Å²) in [5.74, 6) is 1.52. The SMILES string of the molecule is COc1ccc(-c2ccc3c(c2)NCCC3)cc1OC. The minimum atomic E-state index is 0.757. The lowest BCUT2D eigenvalue weighted by molar-refractivity contribution is 0.355. The van der Waals surface area contributed by atoms with Crippen molar-refractivity contribution in [3.8, 4) is 22.6 Å². The van der Waals surface area contributed by atoms with E-state index in [9.17, 15) is 0 Å². The van der Waals surface area contributed by atoms with Crippen LogP contribution in [-0.4, -0.2) is 20.8 Å². The van der Waals surface area contributed by atoms with E-state index in [1.807, 2.05) is 12.1 Å². The second kappa shape index (κ2) is 5.45. The monoisotopic (exact) mass is 269 g/mol. The van der Waals surface area contributed by atoms with Gasteiger partial charge in [0.25, 0.3) is 0 Å². The lowest BCUT2D eigenvalue weighted by Gasteiger charge is -2.19. The molecule has 3 nitrogen and oxygen atoms in total. The van der Waals surface area contributed by atoms with Gasteiger partial charge in [0.1, 0.15) is 0 Å². The van der Waals surface area contributed by atoms with Crippen molar-refractivity contribution >= 4 is 5.69 Å². The Balaban J connectivity index is 2.00. The third-order valence-corrected chi connectivity index (χ3v) is 3.77. The molecule has 20 heavy (non-hydrogen) atoms. The summed E-state index contributed by atoms with van der Waals surface area (Å²) in [4.78, 5) is 0. The van der Waals surface area contributed by atoms with Crippen molar-refractivity contribution in [1.29, 1.82) is 0 Å². The first kappa shape index (κ1) is 12.9. The van der Waals surface area contributed by atoms with Crippen molar-refractivity contribution < 1.29 is 9.47 Å². The molecule has 1 aliphatic heterocycles. The molecule has 104 valence electrons. The lowest BCUT2D eigenvalue weighted by Crippen LogP contribution is -2.11. The number of hydrogen-bond acceptors (Lipinski definition) is 3. The van der Waals surface area contributed by atoms with Crippen molar-refractivity contribution in [3.05, 3.63) is 42.0 Å². The zero-order chi connectivity index (χ0) is 13.9. The van der Waals surface area contributed by atoms with Crippen LogP contribution in [0.5, 0.6) is 11.5 Å². The Labute approximate surface area is 119 Å². The standard InChI is InChI=1S/C17H19NO2/c1-19-16-8-7-14(11-17(16)20-2)13-6-5-12-4-3-9-18-15(12)10-13/h5-8,10-11,18H,3-4,9H2,1-2H3. The van der Waals surface area contributed by atoms with E-state index in [-0.39, 0.29) is 0 Å². The van der Waals surface area contributed by atoms with Crippen LogP contribution in [0.3, 0.4) is 0 Å². The predicted molar refractivity (Wildman–Crippen MR) is 81.8 cm³/mol. The summed E-state index contributed by atoms with van der Waals surface area (Å²) >= 11 is 0. The van der Waals surface area contributed by atoms with Gasteiger partial charge in [0.15, 0.2) is 11.5 Å². The summed E-state index contributed by atoms with van der Waals surface area (Å²) in [6, 6.07) is 12.6. The molecule has 2 aromatic rings. The number of aryl methyl sites for hydroxylation is 1. The highest BCUT2D eigenvalue weighted by molar-refractivity contribution is 5.72. The molecule has 0 spiro atoms. The zero-order valence-corrected chi connectivity index (χ0v) is 11.9. The van der Waals surface area contributed by atoms with Crippen molar-refractivity contribution in [2.75, 3.05) is 26.1 Å². The summed E-state index contributed by atoms with van der Waals surface area (Å²) in [6.07, 6.45) is 2.37. The molecule has 0 aromatic heterocycles. The van der Waals surface area contributed by atoms with E-state index in [0.29, 0.717) is 0 Å². The van der Waals surface area contributed by atoms with E-state index in [0.717, 1.165) is 30.0 Å². The molecular weight excluding hydrogens is 250 g/mol. The number of fused-ring (bicyclic) bond motifs is 1. The van der Waals surface area contributed by atoms with E-state index in [1.165, 1.54) is 23.2 Å². The molecule has 1 N–H and O–H groups in total. The predicted octanol–water partition coefficient (Wildman–Crippen LogP) is 3.73. The van der Waals surface area contributed by atoms with Gasteiger partial charge in [-0.3, -0.25) is 0 Å². The number of nitrogens with one attached hydrogen (secondary N) is 1. The highest BCUT2D eigenvalue weighted by atomic mass is 16.5. The fourth-order valence-corrected chi connectivity index (χ4v) is 2.66. The molecule has 0 unspecified atom stereocenters. The molecule has 2 aromatic carbocycles. The maximum Gasteiger partial charge on any atom is 0.161 e. The van der Waals surface area contributed by atoms with Gasteiger partial charge in [0.2, 0.25) is 0 Å². The number of ether oxygens (including phenoxy) is 2. The third kappa shape index (κ3) is 2.31. The first-order valence-corrected chi connectivity index (χ1v) is 6.91. The highest BCUT2D eigenvalue weighted by Gasteiger charge is 2.11. The summed E-state index contributed by atoms with van der Waals surface area (Å²) in [7, 11) is 3.32. The second-order valence-electron chi connectivity index (χ2n) is 4.97. The average Bonchev–Trinajstić information content (AvgIpc) is 2.53. The van der Waals surface area contributed by atoms with Gasteiger partial charge in [0, 0.05) is 12.2 Å². The van der Waals surface area contributed by atoms with E-state index in [2.05, 4.69) is 29.6 Å². The maximum absolute atomic E-state index is 5.37. The Hall–Kier alpha value is -2.16. The van der Waals surface area contributed by atoms with Gasteiger partial charge < -0.3 is 14.8 Å². The van der Waals surface area contributed by atoms with E-state index < -0.39 is 0 Å². The Morgan fingerprint density at radius 3 is 2.45 bits per heavy atom. The number of methoxy groups -OCH3 is 2. The topological polar surface area (TPSA) is 30.5 Å². The van der Waals surface area contributed by atoms with E-state index >= 15 is 0 Å². The maximum atomic E-state index is 5.37.